The van der Waals surface area contributed by atoms with Crippen molar-refractivity contribution in [1.82, 2.24) is 10.3 Å². The quantitative estimate of drug-likeness (QED) is 0.814. The average molecular weight is 220 g/mol. The number of carboxylic acid groups (broad SMARTS) is 1. The molecule has 2 aromatic rings. The number of rotatable bonds is 4. The molecule has 0 bridgehead atoms. The van der Waals surface area contributed by atoms with E-state index in [4.69, 9.17) is 9.52 Å². The van der Waals surface area contributed by atoms with Gasteiger partial charge in [0.15, 0.2) is 5.58 Å². The van der Waals surface area contributed by atoms with Gasteiger partial charge >= 0.3 is 5.97 Å². The fourth-order valence-electron chi connectivity index (χ4n) is 1.32. The number of hydrogen-bond acceptors (Lipinski definition) is 4. The third-order valence-electron chi connectivity index (χ3n) is 2.27. The monoisotopic (exact) mass is 220 g/mol. The number of hydrogen-bond donors (Lipinski definition) is 2. The van der Waals surface area contributed by atoms with Crippen LogP contribution in [0.2, 0.25) is 0 Å². The van der Waals surface area contributed by atoms with Crippen molar-refractivity contribution in [2.24, 2.45) is 0 Å². The normalized spacial score (nSPS) is 12.8. The van der Waals surface area contributed by atoms with Crippen LogP contribution < -0.4 is 5.32 Å². The Hall–Kier alpha value is -1.88. The first-order valence-electron chi connectivity index (χ1n) is 4.97. The molecule has 1 heterocycles. The highest BCUT2D eigenvalue weighted by molar-refractivity contribution is 5.73. The second kappa shape index (κ2) is 4.32. The van der Waals surface area contributed by atoms with E-state index in [1.54, 1.807) is 6.92 Å². The third-order valence-corrected chi connectivity index (χ3v) is 2.27. The second-order valence-electron chi connectivity index (χ2n) is 3.52. The number of carboxylic acids is 1. The van der Waals surface area contributed by atoms with Crippen LogP contribution >= 0.6 is 0 Å². The molecule has 0 fully saturated rings. The minimum absolute atomic E-state index is 0.308. The van der Waals surface area contributed by atoms with E-state index < -0.39 is 12.0 Å². The van der Waals surface area contributed by atoms with Crippen molar-refractivity contribution >= 4 is 17.1 Å². The first-order chi connectivity index (χ1) is 7.66. The second-order valence-corrected chi connectivity index (χ2v) is 3.52. The van der Waals surface area contributed by atoms with Crippen LogP contribution in [0.5, 0.6) is 0 Å². The molecule has 0 aliphatic heterocycles. The van der Waals surface area contributed by atoms with Gasteiger partial charge in [-0.05, 0) is 19.1 Å². The van der Waals surface area contributed by atoms with Gasteiger partial charge in [0.1, 0.15) is 11.6 Å². The molecule has 5 heteroatoms. The van der Waals surface area contributed by atoms with Crippen molar-refractivity contribution in [3.8, 4) is 0 Å². The molecule has 16 heavy (non-hydrogen) atoms. The van der Waals surface area contributed by atoms with Gasteiger partial charge in [0.25, 0.3) is 0 Å². The molecule has 0 unspecified atom stereocenters. The first kappa shape index (κ1) is 10.6. The summed E-state index contributed by atoms with van der Waals surface area (Å²) >= 11 is 0. The molecule has 84 valence electrons. The highest BCUT2D eigenvalue weighted by atomic mass is 16.4. The van der Waals surface area contributed by atoms with Crippen molar-refractivity contribution in [1.29, 1.82) is 0 Å². The molecular formula is C11H12N2O3. The number of aromatic nitrogens is 1. The molecule has 0 aliphatic carbocycles. The van der Waals surface area contributed by atoms with E-state index in [1.807, 2.05) is 24.3 Å². The van der Waals surface area contributed by atoms with Crippen LogP contribution in [0, 0.1) is 0 Å². The molecule has 1 aromatic heterocycles. The Balaban J connectivity index is 2.07. The Labute approximate surface area is 92.1 Å². The van der Waals surface area contributed by atoms with Gasteiger partial charge in [-0.25, -0.2) is 4.98 Å². The lowest BCUT2D eigenvalue weighted by atomic mass is 10.3. The van der Waals surface area contributed by atoms with E-state index >= 15 is 0 Å². The molecule has 2 N–H and O–H groups in total. The molecule has 2 rings (SSSR count). The fourth-order valence-corrected chi connectivity index (χ4v) is 1.32. The molecule has 0 amide bonds. The van der Waals surface area contributed by atoms with E-state index in [0.29, 0.717) is 18.0 Å². The molecular weight excluding hydrogens is 208 g/mol. The Morgan fingerprint density at radius 1 is 1.56 bits per heavy atom. The van der Waals surface area contributed by atoms with Gasteiger partial charge in [-0.15, -0.1) is 0 Å². The topological polar surface area (TPSA) is 75.4 Å². The van der Waals surface area contributed by atoms with Crippen molar-refractivity contribution in [2.45, 2.75) is 19.5 Å². The molecule has 0 saturated carbocycles. The maximum absolute atomic E-state index is 10.6. The minimum atomic E-state index is -0.892. The number of aliphatic carboxylic acids is 1. The van der Waals surface area contributed by atoms with Gasteiger partial charge in [0, 0.05) is 0 Å². The van der Waals surface area contributed by atoms with Crippen molar-refractivity contribution < 1.29 is 14.3 Å². The zero-order valence-electron chi connectivity index (χ0n) is 8.80. The first-order valence-corrected chi connectivity index (χ1v) is 4.97. The van der Waals surface area contributed by atoms with Crippen LogP contribution in [0.4, 0.5) is 0 Å². The van der Waals surface area contributed by atoms with Gasteiger partial charge in [0.05, 0.1) is 6.54 Å². The molecule has 0 aliphatic rings. The zero-order chi connectivity index (χ0) is 11.5. The van der Waals surface area contributed by atoms with Gasteiger partial charge in [-0.2, -0.15) is 0 Å². The SMILES string of the molecule is C[C@@H](NCc1nc2ccccc2o1)C(=O)O. The summed E-state index contributed by atoms with van der Waals surface area (Å²) in [4.78, 5) is 14.8. The summed E-state index contributed by atoms with van der Waals surface area (Å²) in [6, 6.07) is 6.80. The molecule has 0 spiro atoms. The number of nitrogens with zero attached hydrogens (tertiary/aromatic N) is 1. The smallest absolute Gasteiger partial charge is 0.320 e. The van der Waals surface area contributed by atoms with Crippen LogP contribution in [-0.2, 0) is 11.3 Å². The summed E-state index contributed by atoms with van der Waals surface area (Å²) in [5.41, 5.74) is 1.49. The predicted octanol–water partition coefficient (Wildman–Crippen LogP) is 1.39. The van der Waals surface area contributed by atoms with Crippen LogP contribution in [0.15, 0.2) is 28.7 Å². The van der Waals surface area contributed by atoms with E-state index in [1.165, 1.54) is 0 Å². The van der Waals surface area contributed by atoms with Crippen LogP contribution in [0.25, 0.3) is 11.1 Å². The fraction of sp³-hybridized carbons (Fsp3) is 0.273. The Morgan fingerprint density at radius 2 is 2.31 bits per heavy atom. The zero-order valence-corrected chi connectivity index (χ0v) is 8.80. The van der Waals surface area contributed by atoms with E-state index in [9.17, 15) is 4.79 Å². The summed E-state index contributed by atoms with van der Waals surface area (Å²) < 4.78 is 5.43. The van der Waals surface area contributed by atoms with Gasteiger partial charge in [-0.1, -0.05) is 12.1 Å². The minimum Gasteiger partial charge on any atom is -0.480 e. The summed E-state index contributed by atoms with van der Waals surface area (Å²) in [6.07, 6.45) is 0. The average Bonchev–Trinajstić information content (AvgIpc) is 2.68. The van der Waals surface area contributed by atoms with E-state index in [0.717, 1.165) is 5.52 Å². The molecule has 0 saturated heterocycles. The van der Waals surface area contributed by atoms with E-state index in [2.05, 4.69) is 10.3 Å². The molecule has 1 atom stereocenters. The molecule has 0 radical (unpaired) electrons. The van der Waals surface area contributed by atoms with Gasteiger partial charge in [-0.3, -0.25) is 10.1 Å². The number of carbonyl (C=O) groups is 1. The Morgan fingerprint density at radius 3 is 3.00 bits per heavy atom. The lowest BCUT2D eigenvalue weighted by molar-refractivity contribution is -0.139. The third kappa shape index (κ3) is 2.20. The number of benzene rings is 1. The Bertz CT molecular complexity index is 474. The lowest BCUT2D eigenvalue weighted by Gasteiger charge is -2.05. The highest BCUT2D eigenvalue weighted by Crippen LogP contribution is 2.14. The van der Waals surface area contributed by atoms with Crippen LogP contribution in [0.3, 0.4) is 0 Å². The molecule has 5 nitrogen and oxygen atoms in total. The summed E-state index contributed by atoms with van der Waals surface area (Å²) in [6.45, 7) is 1.88. The number of oxazole rings is 1. The Kier molecular flexibility index (Phi) is 2.87. The maximum atomic E-state index is 10.6. The van der Waals surface area contributed by atoms with Crippen LogP contribution in [0.1, 0.15) is 12.8 Å². The van der Waals surface area contributed by atoms with Gasteiger partial charge < -0.3 is 9.52 Å². The summed E-state index contributed by atoms with van der Waals surface area (Å²) in [5, 5.41) is 11.5. The van der Waals surface area contributed by atoms with Crippen LogP contribution in [-0.4, -0.2) is 22.1 Å². The number of nitrogens with one attached hydrogen (secondary N) is 1. The van der Waals surface area contributed by atoms with Gasteiger partial charge in [0.2, 0.25) is 5.89 Å². The summed E-state index contributed by atoms with van der Waals surface area (Å²) in [5.74, 6) is -0.398. The van der Waals surface area contributed by atoms with E-state index in [-0.39, 0.29) is 0 Å². The standard InChI is InChI=1S/C11H12N2O3/c1-7(11(14)15)12-6-10-13-8-4-2-3-5-9(8)16-10/h2-5,7,12H,6H2,1H3,(H,14,15)/t7-/m1/s1. The maximum Gasteiger partial charge on any atom is 0.320 e. The molecule has 1 aromatic carbocycles. The van der Waals surface area contributed by atoms with Crippen molar-refractivity contribution in [3.05, 3.63) is 30.2 Å². The summed E-state index contributed by atoms with van der Waals surface area (Å²) in [7, 11) is 0. The predicted molar refractivity (Wildman–Crippen MR) is 57.9 cm³/mol. The lowest BCUT2D eigenvalue weighted by Crippen LogP contribution is -2.33. The van der Waals surface area contributed by atoms with Crippen molar-refractivity contribution in [2.75, 3.05) is 0 Å². The highest BCUT2D eigenvalue weighted by Gasteiger charge is 2.11. The largest absolute Gasteiger partial charge is 0.480 e. The van der Waals surface area contributed by atoms with Crippen molar-refractivity contribution in [3.63, 3.8) is 0 Å². The number of fused-ring (bicyclic) bond motifs is 1. The number of para-hydroxylation sites is 2.